The maximum absolute atomic E-state index is 12.3. The number of hydrogen-bond donors (Lipinski definition) is 2. The molecule has 2 amide bonds. The fourth-order valence-electron chi connectivity index (χ4n) is 3.72. The lowest BCUT2D eigenvalue weighted by Crippen LogP contribution is -2.44. The minimum Gasteiger partial charge on any atom is -0.497 e. The van der Waals surface area contributed by atoms with Crippen LogP contribution >= 0.6 is 0 Å². The standard InChI is InChI=1S/C20H20N2O3/c1-24-13-6-3-5-12(11-13)18-16-10-9-14-15(7-4-8-17(14)25-2)19(16)22-20(23)21-18/h3-8,11,18H,9-10H2,1-2H3,(H2,21,22,23). The van der Waals surface area contributed by atoms with E-state index in [1.165, 1.54) is 5.57 Å². The molecule has 0 saturated carbocycles. The van der Waals surface area contributed by atoms with Crippen LogP contribution in [0.5, 0.6) is 11.5 Å². The fraction of sp³-hybridized carbons (Fsp3) is 0.250. The highest BCUT2D eigenvalue weighted by Gasteiger charge is 2.33. The number of hydrogen-bond acceptors (Lipinski definition) is 3. The highest BCUT2D eigenvalue weighted by Crippen LogP contribution is 2.41. The van der Waals surface area contributed by atoms with Crippen LogP contribution in [-0.2, 0) is 6.42 Å². The van der Waals surface area contributed by atoms with E-state index in [0.29, 0.717) is 0 Å². The molecule has 5 heteroatoms. The normalized spacial score (nSPS) is 18.6. The van der Waals surface area contributed by atoms with E-state index in [-0.39, 0.29) is 12.1 Å². The maximum Gasteiger partial charge on any atom is 0.319 e. The summed E-state index contributed by atoms with van der Waals surface area (Å²) in [5.74, 6) is 1.65. The van der Waals surface area contributed by atoms with Gasteiger partial charge in [-0.15, -0.1) is 0 Å². The second kappa shape index (κ2) is 6.16. The molecular formula is C20H20N2O3. The molecule has 1 atom stereocenters. The first-order chi connectivity index (χ1) is 12.2. The van der Waals surface area contributed by atoms with Crippen molar-refractivity contribution >= 4 is 11.7 Å². The summed E-state index contributed by atoms with van der Waals surface area (Å²) < 4.78 is 10.8. The Hall–Kier alpha value is -2.95. The maximum atomic E-state index is 12.3. The molecule has 0 radical (unpaired) electrons. The monoisotopic (exact) mass is 336 g/mol. The highest BCUT2D eigenvalue weighted by molar-refractivity contribution is 5.92. The number of carbonyl (C=O) groups is 1. The van der Waals surface area contributed by atoms with Gasteiger partial charge in [-0.1, -0.05) is 24.3 Å². The largest absolute Gasteiger partial charge is 0.497 e. The van der Waals surface area contributed by atoms with Crippen molar-refractivity contribution in [2.24, 2.45) is 0 Å². The lowest BCUT2D eigenvalue weighted by atomic mass is 9.82. The second-order valence-corrected chi connectivity index (χ2v) is 6.19. The van der Waals surface area contributed by atoms with Gasteiger partial charge in [0.15, 0.2) is 0 Å². The smallest absolute Gasteiger partial charge is 0.319 e. The molecule has 0 bridgehead atoms. The van der Waals surface area contributed by atoms with Gasteiger partial charge in [0.05, 0.1) is 26.0 Å². The minimum atomic E-state index is -0.192. The molecule has 2 aliphatic rings. The van der Waals surface area contributed by atoms with Crippen LogP contribution in [0.3, 0.4) is 0 Å². The quantitative estimate of drug-likeness (QED) is 0.903. The van der Waals surface area contributed by atoms with Gasteiger partial charge in [0.25, 0.3) is 0 Å². The van der Waals surface area contributed by atoms with Crippen LogP contribution in [-0.4, -0.2) is 20.3 Å². The zero-order chi connectivity index (χ0) is 17.4. The van der Waals surface area contributed by atoms with Crippen molar-refractivity contribution in [2.75, 3.05) is 14.2 Å². The van der Waals surface area contributed by atoms with Gasteiger partial charge in [-0.05, 0) is 42.2 Å². The average Bonchev–Trinajstić information content (AvgIpc) is 2.66. The van der Waals surface area contributed by atoms with Crippen LogP contribution < -0.4 is 20.1 Å². The first-order valence-corrected chi connectivity index (χ1v) is 8.32. The van der Waals surface area contributed by atoms with Gasteiger partial charge >= 0.3 is 6.03 Å². The van der Waals surface area contributed by atoms with Gasteiger partial charge < -0.3 is 20.1 Å². The molecule has 2 aromatic carbocycles. The molecule has 0 fully saturated rings. The Balaban J connectivity index is 1.84. The molecule has 2 N–H and O–H groups in total. The molecule has 1 unspecified atom stereocenters. The molecule has 128 valence electrons. The Morgan fingerprint density at radius 1 is 1.04 bits per heavy atom. The molecule has 0 saturated heterocycles. The lowest BCUT2D eigenvalue weighted by Gasteiger charge is -2.34. The van der Waals surface area contributed by atoms with Crippen molar-refractivity contribution in [1.29, 1.82) is 0 Å². The molecule has 0 spiro atoms. The third-order valence-corrected chi connectivity index (χ3v) is 4.88. The molecule has 1 aliphatic heterocycles. The summed E-state index contributed by atoms with van der Waals surface area (Å²) in [5, 5.41) is 6.04. The summed E-state index contributed by atoms with van der Waals surface area (Å²) >= 11 is 0. The Morgan fingerprint density at radius 3 is 2.68 bits per heavy atom. The van der Waals surface area contributed by atoms with Crippen LogP contribution in [0.15, 0.2) is 48.0 Å². The zero-order valence-electron chi connectivity index (χ0n) is 14.3. The Morgan fingerprint density at radius 2 is 1.88 bits per heavy atom. The van der Waals surface area contributed by atoms with Crippen molar-refractivity contribution in [1.82, 2.24) is 10.6 Å². The summed E-state index contributed by atoms with van der Waals surface area (Å²) in [4.78, 5) is 12.3. The Labute approximate surface area is 146 Å². The van der Waals surface area contributed by atoms with Gasteiger partial charge in [0.2, 0.25) is 0 Å². The first-order valence-electron chi connectivity index (χ1n) is 8.32. The predicted molar refractivity (Wildman–Crippen MR) is 95.6 cm³/mol. The van der Waals surface area contributed by atoms with E-state index in [2.05, 4.69) is 10.6 Å². The number of nitrogens with one attached hydrogen (secondary N) is 2. The summed E-state index contributed by atoms with van der Waals surface area (Å²) in [6.45, 7) is 0. The van der Waals surface area contributed by atoms with Gasteiger partial charge in [-0.2, -0.15) is 0 Å². The van der Waals surface area contributed by atoms with Crippen LogP contribution in [0.1, 0.15) is 29.2 Å². The minimum absolute atomic E-state index is 0.154. The number of methoxy groups -OCH3 is 2. The number of carbonyl (C=O) groups excluding carboxylic acids is 1. The number of fused-ring (bicyclic) bond motifs is 2. The van der Waals surface area contributed by atoms with Gasteiger partial charge in [-0.3, -0.25) is 0 Å². The molecule has 0 aromatic heterocycles. The van der Waals surface area contributed by atoms with E-state index >= 15 is 0 Å². The van der Waals surface area contributed by atoms with Crippen molar-refractivity contribution in [3.63, 3.8) is 0 Å². The number of amides is 2. The Kier molecular flexibility index (Phi) is 3.84. The SMILES string of the molecule is COc1cccc(C2NC(=O)NC3=C2CCc2c(OC)cccc23)c1. The van der Waals surface area contributed by atoms with E-state index in [1.807, 2.05) is 42.5 Å². The van der Waals surface area contributed by atoms with Crippen molar-refractivity contribution in [3.05, 3.63) is 64.7 Å². The predicted octanol–water partition coefficient (Wildman–Crippen LogP) is 3.42. The molecular weight excluding hydrogens is 316 g/mol. The van der Waals surface area contributed by atoms with Crippen LogP contribution in [0.4, 0.5) is 4.79 Å². The number of benzene rings is 2. The summed E-state index contributed by atoms with van der Waals surface area (Å²) in [6, 6.07) is 13.5. The number of urea groups is 1. The third kappa shape index (κ3) is 2.61. The average molecular weight is 336 g/mol. The van der Waals surface area contributed by atoms with Crippen molar-refractivity contribution < 1.29 is 14.3 Å². The lowest BCUT2D eigenvalue weighted by molar-refractivity contribution is 0.240. The molecule has 1 heterocycles. The molecule has 5 nitrogen and oxygen atoms in total. The van der Waals surface area contributed by atoms with Crippen LogP contribution in [0.2, 0.25) is 0 Å². The topological polar surface area (TPSA) is 59.6 Å². The Bertz CT molecular complexity index is 873. The number of ether oxygens (including phenoxy) is 2. The molecule has 4 rings (SSSR count). The first kappa shape index (κ1) is 15.6. The van der Waals surface area contributed by atoms with E-state index in [1.54, 1.807) is 14.2 Å². The summed E-state index contributed by atoms with van der Waals surface area (Å²) in [7, 11) is 3.33. The fourth-order valence-corrected chi connectivity index (χ4v) is 3.72. The summed E-state index contributed by atoms with van der Waals surface area (Å²) in [6.07, 6.45) is 1.74. The van der Waals surface area contributed by atoms with Gasteiger partial charge in [0, 0.05) is 11.1 Å². The van der Waals surface area contributed by atoms with Crippen molar-refractivity contribution in [3.8, 4) is 11.5 Å². The van der Waals surface area contributed by atoms with E-state index < -0.39 is 0 Å². The van der Waals surface area contributed by atoms with Crippen LogP contribution in [0, 0.1) is 0 Å². The van der Waals surface area contributed by atoms with E-state index in [0.717, 1.165) is 46.7 Å². The molecule has 2 aromatic rings. The summed E-state index contributed by atoms with van der Waals surface area (Å²) in [5.41, 5.74) is 5.30. The van der Waals surface area contributed by atoms with E-state index in [4.69, 9.17) is 9.47 Å². The van der Waals surface area contributed by atoms with Gasteiger partial charge in [0.1, 0.15) is 11.5 Å². The number of rotatable bonds is 3. The third-order valence-electron chi connectivity index (χ3n) is 4.88. The van der Waals surface area contributed by atoms with Gasteiger partial charge in [-0.25, -0.2) is 4.79 Å². The zero-order valence-corrected chi connectivity index (χ0v) is 14.3. The second-order valence-electron chi connectivity index (χ2n) is 6.19. The van der Waals surface area contributed by atoms with Crippen LogP contribution in [0.25, 0.3) is 5.70 Å². The van der Waals surface area contributed by atoms with E-state index in [9.17, 15) is 4.79 Å². The van der Waals surface area contributed by atoms with Crippen molar-refractivity contribution in [2.45, 2.75) is 18.9 Å². The highest BCUT2D eigenvalue weighted by atomic mass is 16.5. The molecule has 1 aliphatic carbocycles. The molecule has 25 heavy (non-hydrogen) atoms.